The number of aromatic nitrogens is 1. The lowest BCUT2D eigenvalue weighted by Crippen LogP contribution is -2.06. The number of hydrogen-bond donors (Lipinski definition) is 0. The Kier molecular flexibility index (Phi) is 3.36. The van der Waals surface area contributed by atoms with E-state index in [9.17, 15) is 13.6 Å². The van der Waals surface area contributed by atoms with E-state index in [4.69, 9.17) is 0 Å². The van der Waals surface area contributed by atoms with Crippen LogP contribution in [0, 0.1) is 0 Å². The normalized spacial score (nSPS) is 10.7. The predicted molar refractivity (Wildman–Crippen MR) is 59.7 cm³/mol. The molecule has 1 aromatic carbocycles. The summed E-state index contributed by atoms with van der Waals surface area (Å²) in [6, 6.07) is 5.83. The molecule has 6 heteroatoms. The number of rotatable bonds is 3. The molecule has 94 valence electrons. The van der Waals surface area contributed by atoms with Crippen LogP contribution in [0.15, 0.2) is 30.5 Å². The number of esters is 1. The summed E-state index contributed by atoms with van der Waals surface area (Å²) in [6.07, 6.45) is 1.43. The number of benzene rings is 1. The molecule has 0 spiro atoms. The summed E-state index contributed by atoms with van der Waals surface area (Å²) in [5, 5.41) is 0.405. The molecule has 0 amide bonds. The Bertz CT molecular complexity index is 587. The highest BCUT2D eigenvalue weighted by Crippen LogP contribution is 2.28. The molecule has 0 saturated carbocycles. The first kappa shape index (κ1) is 12.2. The highest BCUT2D eigenvalue weighted by molar-refractivity contribution is 6.05. The van der Waals surface area contributed by atoms with Crippen molar-refractivity contribution in [1.82, 2.24) is 4.98 Å². The number of ether oxygens (including phenoxy) is 2. The van der Waals surface area contributed by atoms with Crippen molar-refractivity contribution in [2.24, 2.45) is 0 Å². The fraction of sp³-hybridized carbons (Fsp3) is 0.167. The minimum atomic E-state index is -2.95. The minimum Gasteiger partial charge on any atom is -0.465 e. The number of carbonyl (C=O) groups is 1. The zero-order valence-electron chi connectivity index (χ0n) is 9.39. The van der Waals surface area contributed by atoms with Crippen molar-refractivity contribution < 1.29 is 23.0 Å². The Hall–Kier alpha value is -2.24. The molecule has 0 radical (unpaired) electrons. The zero-order valence-corrected chi connectivity index (χ0v) is 9.39. The van der Waals surface area contributed by atoms with Gasteiger partial charge in [0.1, 0.15) is 5.52 Å². The van der Waals surface area contributed by atoms with Crippen LogP contribution in [0.25, 0.3) is 10.9 Å². The summed E-state index contributed by atoms with van der Waals surface area (Å²) < 4.78 is 33.4. The van der Waals surface area contributed by atoms with Gasteiger partial charge in [-0.05, 0) is 18.2 Å². The molecule has 0 N–H and O–H groups in total. The van der Waals surface area contributed by atoms with Gasteiger partial charge in [-0.2, -0.15) is 8.78 Å². The summed E-state index contributed by atoms with van der Waals surface area (Å²) >= 11 is 0. The highest BCUT2D eigenvalue weighted by Gasteiger charge is 2.15. The summed E-state index contributed by atoms with van der Waals surface area (Å²) in [5.41, 5.74) is 0.447. The van der Waals surface area contributed by atoms with Crippen molar-refractivity contribution in [3.8, 4) is 5.75 Å². The molecule has 0 aliphatic heterocycles. The van der Waals surface area contributed by atoms with Gasteiger partial charge in [-0.1, -0.05) is 6.07 Å². The van der Waals surface area contributed by atoms with E-state index in [1.807, 2.05) is 0 Å². The van der Waals surface area contributed by atoms with Crippen LogP contribution in [-0.4, -0.2) is 24.7 Å². The monoisotopic (exact) mass is 253 g/mol. The van der Waals surface area contributed by atoms with E-state index in [-0.39, 0.29) is 16.8 Å². The molecule has 1 heterocycles. The summed E-state index contributed by atoms with van der Waals surface area (Å²) in [6.45, 7) is -2.95. The Labute approximate surface area is 101 Å². The second-order valence-electron chi connectivity index (χ2n) is 3.38. The van der Waals surface area contributed by atoms with E-state index in [0.717, 1.165) is 0 Å². The maximum Gasteiger partial charge on any atom is 0.387 e. The van der Waals surface area contributed by atoms with Gasteiger partial charge in [0, 0.05) is 11.6 Å². The quantitative estimate of drug-likeness (QED) is 0.789. The molecule has 18 heavy (non-hydrogen) atoms. The number of hydrogen-bond acceptors (Lipinski definition) is 4. The second-order valence-corrected chi connectivity index (χ2v) is 3.38. The lowest BCUT2D eigenvalue weighted by Gasteiger charge is -2.09. The Balaban J connectivity index is 2.62. The number of methoxy groups -OCH3 is 1. The van der Waals surface area contributed by atoms with Crippen LogP contribution >= 0.6 is 0 Å². The van der Waals surface area contributed by atoms with Crippen LogP contribution < -0.4 is 4.74 Å². The third-order valence-electron chi connectivity index (χ3n) is 2.35. The van der Waals surface area contributed by atoms with E-state index >= 15 is 0 Å². The van der Waals surface area contributed by atoms with Crippen molar-refractivity contribution in [1.29, 1.82) is 0 Å². The first-order chi connectivity index (χ1) is 8.63. The van der Waals surface area contributed by atoms with Crippen LogP contribution in [-0.2, 0) is 4.74 Å². The zero-order chi connectivity index (χ0) is 13.1. The van der Waals surface area contributed by atoms with E-state index in [1.54, 1.807) is 12.1 Å². The average molecular weight is 253 g/mol. The molecule has 0 unspecified atom stereocenters. The van der Waals surface area contributed by atoms with Crippen LogP contribution in [0.1, 0.15) is 10.4 Å². The fourth-order valence-corrected chi connectivity index (χ4v) is 1.63. The SMILES string of the molecule is COC(=O)c1ccc(OC(F)F)c2ncccc12. The molecular weight excluding hydrogens is 244 g/mol. The Morgan fingerprint density at radius 2 is 2.11 bits per heavy atom. The predicted octanol–water partition coefficient (Wildman–Crippen LogP) is 2.62. The molecule has 0 bridgehead atoms. The fourth-order valence-electron chi connectivity index (χ4n) is 1.63. The standard InChI is InChI=1S/C12H9F2NO3/c1-17-11(16)8-4-5-9(18-12(13)14)10-7(8)3-2-6-15-10/h2-6,12H,1H3. The van der Waals surface area contributed by atoms with Crippen molar-refractivity contribution >= 4 is 16.9 Å². The van der Waals surface area contributed by atoms with Gasteiger partial charge in [0.2, 0.25) is 0 Å². The van der Waals surface area contributed by atoms with Gasteiger partial charge in [0.05, 0.1) is 12.7 Å². The van der Waals surface area contributed by atoms with Crippen LogP contribution in [0.4, 0.5) is 8.78 Å². The molecular formula is C12H9F2NO3. The Morgan fingerprint density at radius 3 is 2.78 bits per heavy atom. The third-order valence-corrected chi connectivity index (χ3v) is 2.35. The smallest absolute Gasteiger partial charge is 0.387 e. The van der Waals surface area contributed by atoms with Gasteiger partial charge in [-0.15, -0.1) is 0 Å². The summed E-state index contributed by atoms with van der Waals surface area (Å²) in [4.78, 5) is 15.5. The maximum absolute atomic E-state index is 12.2. The molecule has 4 nitrogen and oxygen atoms in total. The molecule has 0 atom stereocenters. The molecule has 0 aliphatic rings. The van der Waals surface area contributed by atoms with Gasteiger partial charge in [-0.25, -0.2) is 4.79 Å². The molecule has 1 aromatic heterocycles. The second kappa shape index (κ2) is 4.95. The van der Waals surface area contributed by atoms with Crippen LogP contribution in [0.5, 0.6) is 5.75 Å². The van der Waals surface area contributed by atoms with Crippen molar-refractivity contribution in [3.63, 3.8) is 0 Å². The first-order valence-electron chi connectivity index (χ1n) is 5.04. The van der Waals surface area contributed by atoms with Gasteiger partial charge >= 0.3 is 12.6 Å². The van der Waals surface area contributed by atoms with Crippen LogP contribution in [0.3, 0.4) is 0 Å². The topological polar surface area (TPSA) is 48.4 Å². The van der Waals surface area contributed by atoms with E-state index < -0.39 is 12.6 Å². The van der Waals surface area contributed by atoms with E-state index in [2.05, 4.69) is 14.5 Å². The molecule has 0 fully saturated rings. The van der Waals surface area contributed by atoms with Gasteiger partial charge in [0.15, 0.2) is 5.75 Å². The van der Waals surface area contributed by atoms with E-state index in [1.165, 1.54) is 25.4 Å². The van der Waals surface area contributed by atoms with Crippen molar-refractivity contribution in [2.45, 2.75) is 6.61 Å². The number of halogens is 2. The van der Waals surface area contributed by atoms with Gasteiger partial charge in [-0.3, -0.25) is 4.98 Å². The maximum atomic E-state index is 12.2. The molecule has 2 rings (SSSR count). The van der Waals surface area contributed by atoms with Crippen LogP contribution in [0.2, 0.25) is 0 Å². The van der Waals surface area contributed by atoms with Crippen molar-refractivity contribution in [3.05, 3.63) is 36.0 Å². The number of fused-ring (bicyclic) bond motifs is 1. The lowest BCUT2D eigenvalue weighted by atomic mass is 10.1. The third kappa shape index (κ3) is 2.22. The minimum absolute atomic E-state index is 0.0757. The summed E-state index contributed by atoms with van der Waals surface area (Å²) in [7, 11) is 1.24. The Morgan fingerprint density at radius 1 is 1.33 bits per heavy atom. The van der Waals surface area contributed by atoms with Gasteiger partial charge in [0.25, 0.3) is 0 Å². The molecule has 0 saturated heterocycles. The van der Waals surface area contributed by atoms with Crippen molar-refractivity contribution in [2.75, 3.05) is 7.11 Å². The average Bonchev–Trinajstić information content (AvgIpc) is 2.38. The number of pyridine rings is 1. The first-order valence-corrected chi connectivity index (χ1v) is 5.04. The highest BCUT2D eigenvalue weighted by atomic mass is 19.3. The van der Waals surface area contributed by atoms with E-state index in [0.29, 0.717) is 5.39 Å². The molecule has 0 aliphatic carbocycles. The summed E-state index contributed by atoms with van der Waals surface area (Å²) in [5.74, 6) is -0.634. The largest absolute Gasteiger partial charge is 0.465 e. The lowest BCUT2D eigenvalue weighted by molar-refractivity contribution is -0.0489. The molecule has 2 aromatic rings. The number of nitrogens with zero attached hydrogens (tertiary/aromatic N) is 1. The number of carbonyl (C=O) groups excluding carboxylic acids is 1. The number of alkyl halides is 2. The van der Waals surface area contributed by atoms with Gasteiger partial charge < -0.3 is 9.47 Å².